The molecule has 1 saturated heterocycles. The first kappa shape index (κ1) is 19.5. The first-order chi connectivity index (χ1) is 13.6. The Morgan fingerprint density at radius 3 is 2.75 bits per heavy atom. The van der Waals surface area contributed by atoms with Crippen molar-refractivity contribution in [2.45, 2.75) is 31.7 Å². The highest BCUT2D eigenvalue weighted by molar-refractivity contribution is 7.99. The topological polar surface area (TPSA) is 41.4 Å². The van der Waals surface area contributed by atoms with Gasteiger partial charge in [0.2, 0.25) is 0 Å². The van der Waals surface area contributed by atoms with Crippen LogP contribution in [0.15, 0.2) is 30.3 Å². The van der Waals surface area contributed by atoms with E-state index in [1.165, 1.54) is 16.8 Å². The minimum Gasteiger partial charge on any atom is -0.336 e. The van der Waals surface area contributed by atoms with E-state index >= 15 is 0 Å². The molecular weight excluding hydrogens is 368 g/mol. The third-order valence-corrected chi connectivity index (χ3v) is 7.09. The van der Waals surface area contributed by atoms with Gasteiger partial charge in [0.05, 0.1) is 0 Å². The molecule has 2 heterocycles. The molecule has 5 nitrogen and oxygen atoms in total. The summed E-state index contributed by atoms with van der Waals surface area (Å²) in [7, 11) is 4.21. The second-order valence-electron chi connectivity index (χ2n) is 7.91. The second kappa shape index (κ2) is 8.70. The van der Waals surface area contributed by atoms with E-state index in [0.29, 0.717) is 11.7 Å². The first-order valence-electron chi connectivity index (χ1n) is 10.3. The zero-order chi connectivity index (χ0) is 19.5. The molecule has 0 saturated carbocycles. The Labute approximate surface area is 172 Å². The number of likely N-dealkylation sites (N-methyl/N-ethyl adjacent to an activating group) is 1. The molecule has 1 aliphatic carbocycles. The summed E-state index contributed by atoms with van der Waals surface area (Å²) >= 11 is 1.93. The lowest BCUT2D eigenvalue weighted by atomic mass is 9.90. The van der Waals surface area contributed by atoms with Crippen molar-refractivity contribution in [3.63, 3.8) is 0 Å². The van der Waals surface area contributed by atoms with Crippen LogP contribution in [0.2, 0.25) is 0 Å². The van der Waals surface area contributed by atoms with Crippen molar-refractivity contribution in [2.24, 2.45) is 7.05 Å². The Bertz CT molecular complexity index is 813. The van der Waals surface area contributed by atoms with E-state index in [9.17, 15) is 4.79 Å². The molecule has 1 atom stereocenters. The molecule has 0 radical (unpaired) electrons. The third kappa shape index (κ3) is 4.13. The van der Waals surface area contributed by atoms with E-state index in [0.717, 1.165) is 56.8 Å². The van der Waals surface area contributed by atoms with Crippen LogP contribution >= 0.6 is 11.8 Å². The largest absolute Gasteiger partial charge is 0.336 e. The maximum atomic E-state index is 13.1. The summed E-state index contributed by atoms with van der Waals surface area (Å²) in [5.41, 5.74) is 4.52. The van der Waals surface area contributed by atoms with E-state index < -0.39 is 0 Å². The van der Waals surface area contributed by atoms with Gasteiger partial charge in [0, 0.05) is 55.5 Å². The number of thioether (sulfide) groups is 1. The summed E-state index contributed by atoms with van der Waals surface area (Å²) in [6, 6.07) is 11.1. The van der Waals surface area contributed by atoms with E-state index in [1.54, 1.807) is 0 Å². The fraction of sp³-hybridized carbons (Fsp3) is 0.545. The predicted molar refractivity (Wildman–Crippen MR) is 115 cm³/mol. The van der Waals surface area contributed by atoms with Gasteiger partial charge in [-0.05, 0) is 38.3 Å². The van der Waals surface area contributed by atoms with Gasteiger partial charge < -0.3 is 9.80 Å². The molecule has 28 heavy (non-hydrogen) atoms. The number of amides is 1. The number of hydrogen-bond acceptors (Lipinski definition) is 4. The molecule has 0 spiro atoms. The molecule has 1 amide bonds. The van der Waals surface area contributed by atoms with Crippen LogP contribution in [0, 0.1) is 0 Å². The number of aromatic nitrogens is 2. The zero-order valence-corrected chi connectivity index (χ0v) is 17.7. The van der Waals surface area contributed by atoms with E-state index in [4.69, 9.17) is 0 Å². The molecular formula is C22H30N4OS. The van der Waals surface area contributed by atoms with Gasteiger partial charge >= 0.3 is 0 Å². The highest BCUT2D eigenvalue weighted by atomic mass is 32.2. The fourth-order valence-corrected chi connectivity index (χ4v) is 5.27. The van der Waals surface area contributed by atoms with Crippen molar-refractivity contribution in [1.29, 1.82) is 0 Å². The molecule has 150 valence electrons. The summed E-state index contributed by atoms with van der Waals surface area (Å²) in [4.78, 5) is 17.6. The third-order valence-electron chi connectivity index (χ3n) is 6.15. The van der Waals surface area contributed by atoms with Crippen LogP contribution in [-0.2, 0) is 26.3 Å². The van der Waals surface area contributed by atoms with Gasteiger partial charge in [-0.3, -0.25) is 9.48 Å². The second-order valence-corrected chi connectivity index (χ2v) is 9.14. The number of carbonyl (C=O) groups is 1. The van der Waals surface area contributed by atoms with Crippen LogP contribution in [0.3, 0.4) is 0 Å². The molecule has 1 aromatic carbocycles. The van der Waals surface area contributed by atoms with Crippen molar-refractivity contribution in [3.8, 4) is 0 Å². The maximum absolute atomic E-state index is 13.1. The Hall–Kier alpha value is -1.79. The van der Waals surface area contributed by atoms with Crippen LogP contribution in [0.1, 0.15) is 33.7 Å². The van der Waals surface area contributed by atoms with E-state index in [-0.39, 0.29) is 5.91 Å². The number of carbonyl (C=O) groups excluding carboxylic acids is 1. The highest BCUT2D eigenvalue weighted by Gasteiger charge is 2.32. The first-order valence-corrected chi connectivity index (χ1v) is 11.4. The van der Waals surface area contributed by atoms with Crippen molar-refractivity contribution < 1.29 is 4.79 Å². The molecule has 1 fully saturated rings. The van der Waals surface area contributed by atoms with Crippen LogP contribution in [0.25, 0.3) is 0 Å². The van der Waals surface area contributed by atoms with Crippen LogP contribution in [0.4, 0.5) is 0 Å². The molecule has 1 aromatic heterocycles. The summed E-state index contributed by atoms with van der Waals surface area (Å²) in [6.45, 7) is 2.72. The normalized spacial score (nSPS) is 19.7. The number of benzene rings is 1. The summed E-state index contributed by atoms with van der Waals surface area (Å²) in [6.07, 6.45) is 4.12. The Morgan fingerprint density at radius 1 is 1.25 bits per heavy atom. The summed E-state index contributed by atoms with van der Waals surface area (Å²) in [5.74, 6) is 2.20. The zero-order valence-electron chi connectivity index (χ0n) is 16.9. The molecule has 2 aliphatic rings. The smallest absolute Gasteiger partial charge is 0.274 e. The van der Waals surface area contributed by atoms with Gasteiger partial charge in [-0.2, -0.15) is 16.9 Å². The minimum absolute atomic E-state index is 0.129. The maximum Gasteiger partial charge on any atom is 0.274 e. The van der Waals surface area contributed by atoms with Gasteiger partial charge in [0.1, 0.15) is 0 Å². The average molecular weight is 399 g/mol. The number of aryl methyl sites for hydroxylation is 1. The highest BCUT2D eigenvalue weighted by Crippen LogP contribution is 2.28. The quantitative estimate of drug-likeness (QED) is 0.776. The van der Waals surface area contributed by atoms with E-state index in [2.05, 4.69) is 47.4 Å². The van der Waals surface area contributed by atoms with Gasteiger partial charge in [0.25, 0.3) is 5.91 Å². The monoisotopic (exact) mass is 398 g/mol. The molecule has 1 aliphatic heterocycles. The van der Waals surface area contributed by atoms with Crippen molar-refractivity contribution in [3.05, 3.63) is 52.8 Å². The van der Waals surface area contributed by atoms with Crippen molar-refractivity contribution >= 4 is 17.7 Å². The van der Waals surface area contributed by atoms with Gasteiger partial charge in [0.15, 0.2) is 5.69 Å². The van der Waals surface area contributed by atoms with Crippen LogP contribution in [0.5, 0.6) is 0 Å². The fourth-order valence-electron chi connectivity index (χ4n) is 4.37. The van der Waals surface area contributed by atoms with Crippen molar-refractivity contribution in [2.75, 3.05) is 38.2 Å². The number of rotatable bonds is 5. The van der Waals surface area contributed by atoms with Gasteiger partial charge in [-0.15, -0.1) is 0 Å². The number of fused-ring (bicyclic) bond motifs is 1. The molecule has 4 rings (SSSR count). The SMILES string of the molecule is CN(CCc1ccccc1)[C@@H]1CCc2c(c(C(=O)N3CCSCC3)nn2C)C1. The molecule has 0 bridgehead atoms. The van der Waals surface area contributed by atoms with Crippen LogP contribution < -0.4 is 0 Å². The summed E-state index contributed by atoms with van der Waals surface area (Å²) in [5, 5.41) is 4.65. The Balaban J connectivity index is 1.45. The lowest BCUT2D eigenvalue weighted by Crippen LogP contribution is -2.40. The molecule has 6 heteroatoms. The minimum atomic E-state index is 0.129. The molecule has 0 unspecified atom stereocenters. The van der Waals surface area contributed by atoms with E-state index in [1.807, 2.05) is 28.4 Å². The molecule has 0 N–H and O–H groups in total. The standard InChI is InChI=1S/C22H30N4OS/c1-24(11-10-17-6-4-3-5-7-17)18-8-9-20-19(16-18)21(23-25(20)2)22(27)26-12-14-28-15-13-26/h3-7,18H,8-16H2,1-2H3/t18-/m1/s1. The Morgan fingerprint density at radius 2 is 2.00 bits per heavy atom. The average Bonchev–Trinajstić information content (AvgIpc) is 3.08. The van der Waals surface area contributed by atoms with Gasteiger partial charge in [-0.25, -0.2) is 0 Å². The predicted octanol–water partition coefficient (Wildman–Crippen LogP) is 2.64. The summed E-state index contributed by atoms with van der Waals surface area (Å²) < 4.78 is 1.95. The lowest BCUT2D eigenvalue weighted by Gasteiger charge is -2.32. The number of hydrogen-bond donors (Lipinski definition) is 0. The Kier molecular flexibility index (Phi) is 6.07. The number of nitrogens with zero attached hydrogens (tertiary/aromatic N) is 4. The lowest BCUT2D eigenvalue weighted by molar-refractivity contribution is 0.0764. The molecule has 2 aromatic rings. The van der Waals surface area contributed by atoms with Crippen LogP contribution in [-0.4, -0.2) is 69.7 Å². The van der Waals surface area contributed by atoms with Crippen molar-refractivity contribution in [1.82, 2.24) is 19.6 Å². The van der Waals surface area contributed by atoms with Gasteiger partial charge in [-0.1, -0.05) is 30.3 Å².